The van der Waals surface area contributed by atoms with Crippen LogP contribution in [0.5, 0.6) is 0 Å². The molecule has 1 nitrogen and oxygen atoms in total. The first kappa shape index (κ1) is 15.7. The molecule has 106 valence electrons. The number of halogens is 4. The third kappa shape index (κ3) is 3.48. The minimum Gasteiger partial charge on any atom is -0.306 e. The van der Waals surface area contributed by atoms with Gasteiger partial charge in [0.25, 0.3) is 0 Å². The maximum absolute atomic E-state index is 14.0. The van der Waals surface area contributed by atoms with Gasteiger partial charge in [-0.25, -0.2) is 8.78 Å². The van der Waals surface area contributed by atoms with Crippen LogP contribution < -0.4 is 5.32 Å². The molecular weight excluding hydrogens is 395 g/mol. The van der Waals surface area contributed by atoms with E-state index in [1.165, 1.54) is 12.1 Å². The normalized spacial score (nSPS) is 12.4. The summed E-state index contributed by atoms with van der Waals surface area (Å²) >= 11 is 8.21. The highest BCUT2D eigenvalue weighted by Gasteiger charge is 2.20. The third-order valence-corrected chi connectivity index (χ3v) is 4.17. The Hall–Kier alpha value is -0.720. The van der Waals surface area contributed by atoms with Crippen molar-refractivity contribution < 1.29 is 8.78 Å². The van der Waals surface area contributed by atoms with E-state index < -0.39 is 11.6 Å². The Morgan fingerprint density at radius 1 is 1.15 bits per heavy atom. The van der Waals surface area contributed by atoms with Crippen LogP contribution >= 0.6 is 34.2 Å². The molecule has 0 bridgehead atoms. The molecule has 0 saturated carbocycles. The van der Waals surface area contributed by atoms with E-state index in [2.05, 4.69) is 27.9 Å². The molecule has 0 aromatic heterocycles. The maximum Gasteiger partial charge on any atom is 0.131 e. The fraction of sp³-hybridized carbons (Fsp3) is 0.200. The van der Waals surface area contributed by atoms with Crippen LogP contribution in [0.25, 0.3) is 0 Å². The molecule has 5 heteroatoms. The second-order valence-electron chi connectivity index (χ2n) is 4.32. The molecule has 0 aliphatic carbocycles. The van der Waals surface area contributed by atoms with Crippen LogP contribution in [0.3, 0.4) is 0 Å². The Balaban J connectivity index is 2.53. The summed E-state index contributed by atoms with van der Waals surface area (Å²) in [5, 5.41) is 3.81. The molecule has 1 N–H and O–H groups in total. The largest absolute Gasteiger partial charge is 0.306 e. The van der Waals surface area contributed by atoms with Crippen LogP contribution in [-0.4, -0.2) is 6.54 Å². The number of hydrogen-bond acceptors (Lipinski definition) is 1. The van der Waals surface area contributed by atoms with Crippen molar-refractivity contribution in [1.82, 2.24) is 5.32 Å². The van der Waals surface area contributed by atoms with Gasteiger partial charge in [0.05, 0.1) is 6.04 Å². The van der Waals surface area contributed by atoms with Crippen molar-refractivity contribution in [1.29, 1.82) is 0 Å². The van der Waals surface area contributed by atoms with Crippen LogP contribution in [-0.2, 0) is 0 Å². The van der Waals surface area contributed by atoms with Crippen molar-refractivity contribution in [3.63, 3.8) is 0 Å². The first-order valence-electron chi connectivity index (χ1n) is 6.16. The fourth-order valence-electron chi connectivity index (χ4n) is 2.06. The van der Waals surface area contributed by atoms with E-state index in [1.807, 2.05) is 13.0 Å². The molecule has 0 aliphatic heterocycles. The molecule has 0 amide bonds. The Labute approximate surface area is 135 Å². The Kier molecular flexibility index (Phi) is 5.35. The van der Waals surface area contributed by atoms with E-state index >= 15 is 0 Å². The number of hydrogen-bond donors (Lipinski definition) is 1. The Bertz CT molecular complexity index is 619. The van der Waals surface area contributed by atoms with Gasteiger partial charge in [0.1, 0.15) is 11.6 Å². The third-order valence-electron chi connectivity index (χ3n) is 2.95. The Morgan fingerprint density at radius 3 is 2.55 bits per heavy atom. The van der Waals surface area contributed by atoms with Gasteiger partial charge in [0, 0.05) is 20.2 Å². The lowest BCUT2D eigenvalue weighted by atomic mass is 9.98. The summed E-state index contributed by atoms with van der Waals surface area (Å²) < 4.78 is 28.1. The highest BCUT2D eigenvalue weighted by atomic mass is 127. The van der Waals surface area contributed by atoms with Crippen molar-refractivity contribution >= 4 is 34.2 Å². The van der Waals surface area contributed by atoms with Crippen LogP contribution in [0.15, 0.2) is 36.4 Å². The summed E-state index contributed by atoms with van der Waals surface area (Å²) in [6, 6.07) is 8.75. The molecule has 0 fully saturated rings. The van der Waals surface area contributed by atoms with E-state index in [0.29, 0.717) is 17.1 Å². The van der Waals surface area contributed by atoms with Crippen molar-refractivity contribution in [2.24, 2.45) is 0 Å². The van der Waals surface area contributed by atoms with Crippen molar-refractivity contribution in [3.8, 4) is 0 Å². The fourth-order valence-corrected chi connectivity index (χ4v) is 2.89. The molecule has 0 saturated heterocycles. The predicted octanol–water partition coefficient (Wildman–Crippen LogP) is 4.92. The molecule has 0 radical (unpaired) electrons. The van der Waals surface area contributed by atoms with Crippen molar-refractivity contribution in [2.75, 3.05) is 6.54 Å². The van der Waals surface area contributed by atoms with Gasteiger partial charge in [-0.1, -0.05) is 24.6 Å². The molecule has 0 spiro atoms. The summed E-state index contributed by atoms with van der Waals surface area (Å²) in [6.45, 7) is 2.59. The van der Waals surface area contributed by atoms with Gasteiger partial charge >= 0.3 is 0 Å². The molecular formula is C15H13ClF2IN. The SMILES string of the molecule is CCNC(c1ccc(F)cc1F)c1cc(Cl)ccc1I. The molecule has 2 aromatic rings. The summed E-state index contributed by atoms with van der Waals surface area (Å²) in [4.78, 5) is 0. The average Bonchev–Trinajstić information content (AvgIpc) is 2.40. The smallest absolute Gasteiger partial charge is 0.131 e. The topological polar surface area (TPSA) is 12.0 Å². The van der Waals surface area contributed by atoms with E-state index in [0.717, 1.165) is 15.2 Å². The van der Waals surface area contributed by atoms with Gasteiger partial charge in [-0.2, -0.15) is 0 Å². The summed E-state index contributed by atoms with van der Waals surface area (Å²) in [6.07, 6.45) is 0. The zero-order chi connectivity index (χ0) is 14.7. The van der Waals surface area contributed by atoms with Gasteiger partial charge < -0.3 is 5.32 Å². The Morgan fingerprint density at radius 2 is 1.90 bits per heavy atom. The van der Waals surface area contributed by atoms with Crippen molar-refractivity contribution in [3.05, 3.63) is 67.8 Å². The lowest BCUT2D eigenvalue weighted by Gasteiger charge is -2.21. The van der Waals surface area contributed by atoms with Crippen molar-refractivity contribution in [2.45, 2.75) is 13.0 Å². The minimum atomic E-state index is -0.581. The molecule has 0 aliphatic rings. The van der Waals surface area contributed by atoms with Gasteiger partial charge in [0.15, 0.2) is 0 Å². The molecule has 1 unspecified atom stereocenters. The zero-order valence-electron chi connectivity index (χ0n) is 10.8. The lowest BCUT2D eigenvalue weighted by molar-refractivity contribution is 0.540. The lowest BCUT2D eigenvalue weighted by Crippen LogP contribution is -2.24. The van der Waals surface area contributed by atoms with Gasteiger partial charge in [-0.05, 0) is 59.0 Å². The van der Waals surface area contributed by atoms with Gasteiger partial charge in [0.2, 0.25) is 0 Å². The summed E-state index contributed by atoms with van der Waals surface area (Å²) in [5.74, 6) is -1.14. The van der Waals surface area contributed by atoms with Crippen LogP contribution in [0.2, 0.25) is 5.02 Å². The molecule has 1 atom stereocenters. The van der Waals surface area contributed by atoms with Gasteiger partial charge in [-0.3, -0.25) is 0 Å². The molecule has 0 heterocycles. The predicted molar refractivity (Wildman–Crippen MR) is 86.0 cm³/mol. The first-order chi connectivity index (χ1) is 9.52. The van der Waals surface area contributed by atoms with Crippen LogP contribution in [0.4, 0.5) is 8.78 Å². The van der Waals surface area contributed by atoms with Crippen LogP contribution in [0.1, 0.15) is 24.1 Å². The van der Waals surface area contributed by atoms with Crippen LogP contribution in [0, 0.1) is 15.2 Å². The van der Waals surface area contributed by atoms with E-state index in [9.17, 15) is 8.78 Å². The molecule has 2 rings (SSSR count). The van der Waals surface area contributed by atoms with E-state index in [1.54, 1.807) is 12.1 Å². The first-order valence-corrected chi connectivity index (χ1v) is 7.62. The number of benzene rings is 2. The second-order valence-corrected chi connectivity index (χ2v) is 5.92. The highest BCUT2D eigenvalue weighted by molar-refractivity contribution is 14.1. The molecule has 20 heavy (non-hydrogen) atoms. The molecule has 2 aromatic carbocycles. The quantitative estimate of drug-likeness (QED) is 0.709. The monoisotopic (exact) mass is 407 g/mol. The average molecular weight is 408 g/mol. The minimum absolute atomic E-state index is 0.355. The second kappa shape index (κ2) is 6.83. The maximum atomic E-state index is 14.0. The standard InChI is InChI=1S/C15H13ClF2IN/c1-2-20-15(11-5-4-10(17)8-13(11)18)12-7-9(16)3-6-14(12)19/h3-8,15,20H,2H2,1H3. The number of nitrogens with one attached hydrogen (secondary N) is 1. The van der Waals surface area contributed by atoms with Gasteiger partial charge in [-0.15, -0.1) is 0 Å². The highest BCUT2D eigenvalue weighted by Crippen LogP contribution is 2.30. The van der Waals surface area contributed by atoms with E-state index in [4.69, 9.17) is 11.6 Å². The summed E-state index contributed by atoms with van der Waals surface area (Å²) in [5.41, 5.74) is 1.29. The zero-order valence-corrected chi connectivity index (χ0v) is 13.7. The summed E-state index contributed by atoms with van der Waals surface area (Å²) in [7, 11) is 0. The number of rotatable bonds is 4. The van der Waals surface area contributed by atoms with E-state index in [-0.39, 0.29) is 6.04 Å².